The van der Waals surface area contributed by atoms with E-state index < -0.39 is 0 Å². The summed E-state index contributed by atoms with van der Waals surface area (Å²) >= 11 is 12.3. The van der Waals surface area contributed by atoms with Crippen molar-refractivity contribution >= 4 is 23.2 Å². The highest BCUT2D eigenvalue weighted by molar-refractivity contribution is 6.33. The summed E-state index contributed by atoms with van der Waals surface area (Å²) in [5, 5.41) is 1.40. The molecule has 1 aliphatic rings. The van der Waals surface area contributed by atoms with Gasteiger partial charge in [0.15, 0.2) is 0 Å². The highest BCUT2D eigenvalue weighted by Crippen LogP contribution is 2.44. The normalized spacial score (nSPS) is 20.3. The molecule has 2 nitrogen and oxygen atoms in total. The van der Waals surface area contributed by atoms with Crippen LogP contribution in [0.3, 0.4) is 0 Å². The van der Waals surface area contributed by atoms with Crippen LogP contribution < -0.4 is 5.73 Å². The third-order valence-corrected chi connectivity index (χ3v) is 4.81. The van der Waals surface area contributed by atoms with E-state index in [0.29, 0.717) is 10.0 Å². The van der Waals surface area contributed by atoms with E-state index in [1.54, 1.807) is 6.07 Å². The van der Waals surface area contributed by atoms with Crippen LogP contribution >= 0.6 is 23.2 Å². The molecule has 2 rings (SSSR count). The number of likely N-dealkylation sites (N-methyl/N-ethyl adjacent to an activating group) is 1. The van der Waals surface area contributed by atoms with Crippen molar-refractivity contribution in [1.82, 2.24) is 4.90 Å². The molecule has 1 aromatic rings. The van der Waals surface area contributed by atoms with Crippen molar-refractivity contribution in [2.24, 2.45) is 5.73 Å². The van der Waals surface area contributed by atoms with E-state index in [1.165, 1.54) is 12.8 Å². The smallest absolute Gasteiger partial charge is 0.0497 e. The summed E-state index contributed by atoms with van der Waals surface area (Å²) in [4.78, 5) is 2.25. The summed E-state index contributed by atoms with van der Waals surface area (Å²) < 4.78 is 0. The van der Waals surface area contributed by atoms with E-state index in [2.05, 4.69) is 19.0 Å². The zero-order valence-electron chi connectivity index (χ0n) is 10.9. The Labute approximate surface area is 119 Å². The number of hydrogen-bond donors (Lipinski definition) is 1. The fraction of sp³-hybridized carbons (Fsp3) is 0.571. The maximum Gasteiger partial charge on any atom is 0.0497 e. The first-order valence-corrected chi connectivity index (χ1v) is 7.11. The molecule has 1 fully saturated rings. The summed E-state index contributed by atoms with van der Waals surface area (Å²) in [5.74, 6) is 0. The lowest BCUT2D eigenvalue weighted by molar-refractivity contribution is 0.123. The average molecular weight is 287 g/mol. The second-order valence-electron chi connectivity index (χ2n) is 5.35. The molecule has 0 radical (unpaired) electrons. The third-order valence-electron chi connectivity index (χ3n) is 4.23. The Hall–Kier alpha value is -0.280. The summed E-state index contributed by atoms with van der Waals surface area (Å²) in [5.41, 5.74) is 7.49. The largest absolute Gasteiger partial charge is 0.322 e. The van der Waals surface area contributed by atoms with E-state index >= 15 is 0 Å². The Morgan fingerprint density at radius 2 is 1.83 bits per heavy atom. The highest BCUT2D eigenvalue weighted by atomic mass is 35.5. The number of benzene rings is 1. The van der Waals surface area contributed by atoms with Crippen LogP contribution in [0.15, 0.2) is 18.2 Å². The van der Waals surface area contributed by atoms with Crippen LogP contribution in [-0.4, -0.2) is 24.5 Å². The zero-order valence-corrected chi connectivity index (χ0v) is 12.4. The molecule has 1 atom stereocenters. The molecule has 0 saturated heterocycles. The molecule has 1 aromatic carbocycles. The first-order chi connectivity index (χ1) is 8.47. The number of rotatable bonds is 3. The minimum absolute atomic E-state index is 0.00826. The Morgan fingerprint density at radius 3 is 2.39 bits per heavy atom. The average Bonchev–Trinajstić information content (AvgIpc) is 2.82. The molecule has 0 spiro atoms. The fourth-order valence-corrected chi connectivity index (χ4v) is 3.48. The highest BCUT2D eigenvalue weighted by Gasteiger charge is 2.42. The Morgan fingerprint density at radius 1 is 1.22 bits per heavy atom. The van der Waals surface area contributed by atoms with Gasteiger partial charge in [-0.25, -0.2) is 0 Å². The first-order valence-electron chi connectivity index (χ1n) is 6.35. The summed E-state index contributed by atoms with van der Waals surface area (Å²) in [6.07, 6.45) is 4.68. The minimum atomic E-state index is -0.0961. The van der Waals surface area contributed by atoms with Gasteiger partial charge in [0.25, 0.3) is 0 Å². The summed E-state index contributed by atoms with van der Waals surface area (Å²) in [6.45, 7) is 0. The molecule has 0 aliphatic heterocycles. The van der Waals surface area contributed by atoms with E-state index in [-0.39, 0.29) is 11.6 Å². The molecular weight excluding hydrogens is 267 g/mol. The molecule has 0 amide bonds. The summed E-state index contributed by atoms with van der Waals surface area (Å²) in [6, 6.07) is 5.44. The van der Waals surface area contributed by atoms with E-state index in [1.807, 2.05) is 12.1 Å². The molecule has 2 N–H and O–H groups in total. The van der Waals surface area contributed by atoms with Gasteiger partial charge in [0.2, 0.25) is 0 Å². The quantitative estimate of drug-likeness (QED) is 0.914. The lowest BCUT2D eigenvalue weighted by Gasteiger charge is -2.42. The van der Waals surface area contributed by atoms with Crippen LogP contribution in [0.1, 0.15) is 37.3 Å². The van der Waals surface area contributed by atoms with Gasteiger partial charge in [-0.2, -0.15) is 0 Å². The van der Waals surface area contributed by atoms with Gasteiger partial charge in [0, 0.05) is 21.6 Å². The van der Waals surface area contributed by atoms with Crippen molar-refractivity contribution < 1.29 is 0 Å². The maximum absolute atomic E-state index is 6.52. The molecule has 1 saturated carbocycles. The SMILES string of the molecule is CN(C)C1(C(N)c2cc(Cl)ccc2Cl)CCCC1. The molecule has 4 heteroatoms. The van der Waals surface area contributed by atoms with Crippen molar-refractivity contribution in [2.75, 3.05) is 14.1 Å². The van der Waals surface area contributed by atoms with Crippen LogP contribution in [-0.2, 0) is 0 Å². The van der Waals surface area contributed by atoms with Gasteiger partial charge in [0.1, 0.15) is 0 Å². The van der Waals surface area contributed by atoms with Gasteiger partial charge in [-0.1, -0.05) is 36.0 Å². The predicted molar refractivity (Wildman–Crippen MR) is 78.3 cm³/mol. The summed E-state index contributed by atoms with van der Waals surface area (Å²) in [7, 11) is 4.20. The third kappa shape index (κ3) is 2.39. The fourth-order valence-electron chi connectivity index (χ4n) is 3.07. The van der Waals surface area contributed by atoms with Gasteiger partial charge in [-0.05, 0) is 50.7 Å². The van der Waals surface area contributed by atoms with E-state index in [4.69, 9.17) is 28.9 Å². The van der Waals surface area contributed by atoms with Gasteiger partial charge in [-0.3, -0.25) is 0 Å². The number of nitrogens with zero attached hydrogens (tertiary/aromatic N) is 1. The van der Waals surface area contributed by atoms with Crippen LogP contribution in [0.4, 0.5) is 0 Å². The van der Waals surface area contributed by atoms with Gasteiger partial charge in [-0.15, -0.1) is 0 Å². The lowest BCUT2D eigenvalue weighted by atomic mass is 9.83. The number of nitrogens with two attached hydrogens (primary N) is 1. The van der Waals surface area contributed by atoms with Crippen LogP contribution in [0.5, 0.6) is 0 Å². The number of halogens is 2. The van der Waals surface area contributed by atoms with E-state index in [0.717, 1.165) is 18.4 Å². The standard InChI is InChI=1S/C14H20Cl2N2/c1-18(2)14(7-3-4-8-14)13(17)11-9-10(15)5-6-12(11)16/h5-6,9,13H,3-4,7-8,17H2,1-2H3. The molecule has 0 heterocycles. The molecule has 0 aromatic heterocycles. The molecule has 1 aliphatic carbocycles. The Bertz CT molecular complexity index is 426. The molecule has 1 unspecified atom stereocenters. The second kappa shape index (κ2) is 5.38. The van der Waals surface area contributed by atoms with Gasteiger partial charge >= 0.3 is 0 Å². The van der Waals surface area contributed by atoms with Crippen molar-refractivity contribution in [3.8, 4) is 0 Å². The molecule has 18 heavy (non-hydrogen) atoms. The monoisotopic (exact) mass is 286 g/mol. The predicted octanol–water partition coefficient (Wildman–Crippen LogP) is 3.87. The van der Waals surface area contributed by atoms with Crippen molar-refractivity contribution in [3.63, 3.8) is 0 Å². The second-order valence-corrected chi connectivity index (χ2v) is 6.19. The van der Waals surface area contributed by atoms with Crippen LogP contribution in [0, 0.1) is 0 Å². The van der Waals surface area contributed by atoms with Crippen LogP contribution in [0.2, 0.25) is 10.0 Å². The first kappa shape index (κ1) is 14.1. The Balaban J connectivity index is 2.39. The zero-order chi connectivity index (χ0) is 13.3. The van der Waals surface area contributed by atoms with Gasteiger partial charge in [0.05, 0.1) is 0 Å². The lowest BCUT2D eigenvalue weighted by Crippen LogP contribution is -2.50. The van der Waals surface area contributed by atoms with Crippen molar-refractivity contribution in [1.29, 1.82) is 0 Å². The Kier molecular flexibility index (Phi) is 4.22. The molecule has 0 bridgehead atoms. The van der Waals surface area contributed by atoms with Crippen molar-refractivity contribution in [3.05, 3.63) is 33.8 Å². The van der Waals surface area contributed by atoms with Crippen LogP contribution in [0.25, 0.3) is 0 Å². The van der Waals surface area contributed by atoms with Gasteiger partial charge < -0.3 is 10.6 Å². The topological polar surface area (TPSA) is 29.3 Å². The minimum Gasteiger partial charge on any atom is -0.322 e. The number of hydrogen-bond acceptors (Lipinski definition) is 2. The molecular formula is C14H20Cl2N2. The molecule has 100 valence electrons. The van der Waals surface area contributed by atoms with E-state index in [9.17, 15) is 0 Å². The van der Waals surface area contributed by atoms with Crippen molar-refractivity contribution in [2.45, 2.75) is 37.3 Å². The maximum atomic E-state index is 6.52.